The van der Waals surface area contributed by atoms with Crippen molar-refractivity contribution in [2.45, 2.75) is 32.5 Å². The molecule has 0 saturated carbocycles. The van der Waals surface area contributed by atoms with Crippen LogP contribution in [0.2, 0.25) is 0 Å². The minimum absolute atomic E-state index is 0.194. The molecule has 0 aliphatic carbocycles. The van der Waals surface area contributed by atoms with Gasteiger partial charge in [0.05, 0.1) is 0 Å². The van der Waals surface area contributed by atoms with Crippen LogP contribution < -0.4 is 14.8 Å². The highest BCUT2D eigenvalue weighted by Crippen LogP contribution is 2.34. The summed E-state index contributed by atoms with van der Waals surface area (Å²) in [7, 11) is 0. The minimum atomic E-state index is -0.615. The molecule has 24 heavy (non-hydrogen) atoms. The van der Waals surface area contributed by atoms with Crippen LogP contribution in [-0.4, -0.2) is 17.6 Å². The van der Waals surface area contributed by atoms with Crippen LogP contribution in [0.3, 0.4) is 0 Å². The number of carbonyl (C=O) groups excluding carboxylic acids is 1. The second-order valence-electron chi connectivity index (χ2n) is 6.35. The van der Waals surface area contributed by atoms with Crippen molar-refractivity contribution < 1.29 is 14.3 Å². The number of ether oxygens (including phenoxy) is 2. The molecule has 4 heteroatoms. The first-order valence-electron chi connectivity index (χ1n) is 7.98. The number of amides is 1. The first kappa shape index (κ1) is 16.1. The lowest BCUT2D eigenvalue weighted by Gasteiger charge is -2.28. The van der Waals surface area contributed by atoms with Gasteiger partial charge in [0, 0.05) is 17.3 Å². The maximum atomic E-state index is 12.2. The SMILES string of the molecule is CC(Oc1ccc2c(c1)OC(C)(C)C=C2)C(=O)Nc1ccccc1. The van der Waals surface area contributed by atoms with Crippen molar-refractivity contribution >= 4 is 17.7 Å². The molecule has 0 radical (unpaired) electrons. The molecule has 1 aliphatic heterocycles. The molecule has 1 aliphatic rings. The number of carbonyl (C=O) groups is 1. The van der Waals surface area contributed by atoms with E-state index in [0.717, 1.165) is 17.0 Å². The van der Waals surface area contributed by atoms with Crippen molar-refractivity contribution in [3.63, 3.8) is 0 Å². The summed E-state index contributed by atoms with van der Waals surface area (Å²) in [6.45, 7) is 5.72. The zero-order valence-corrected chi connectivity index (χ0v) is 14.1. The van der Waals surface area contributed by atoms with Gasteiger partial charge in [-0.3, -0.25) is 4.79 Å². The molecule has 124 valence electrons. The van der Waals surface area contributed by atoms with E-state index in [-0.39, 0.29) is 11.5 Å². The summed E-state index contributed by atoms with van der Waals surface area (Å²) in [4.78, 5) is 12.2. The van der Waals surface area contributed by atoms with Gasteiger partial charge < -0.3 is 14.8 Å². The number of fused-ring (bicyclic) bond motifs is 1. The number of anilines is 1. The smallest absolute Gasteiger partial charge is 0.265 e. The average molecular weight is 323 g/mol. The molecule has 0 saturated heterocycles. The third kappa shape index (κ3) is 3.77. The largest absolute Gasteiger partial charge is 0.483 e. The van der Waals surface area contributed by atoms with E-state index in [0.29, 0.717) is 5.75 Å². The fourth-order valence-electron chi connectivity index (χ4n) is 2.44. The Balaban J connectivity index is 1.68. The Bertz CT molecular complexity index is 766. The van der Waals surface area contributed by atoms with Crippen LogP contribution in [0, 0.1) is 0 Å². The average Bonchev–Trinajstić information content (AvgIpc) is 2.54. The molecule has 1 N–H and O–H groups in total. The number of benzene rings is 2. The van der Waals surface area contributed by atoms with Crippen molar-refractivity contribution in [2.75, 3.05) is 5.32 Å². The lowest BCUT2D eigenvalue weighted by Crippen LogP contribution is -2.30. The number of nitrogens with one attached hydrogen (secondary N) is 1. The maximum absolute atomic E-state index is 12.2. The number of rotatable bonds is 4. The molecule has 1 amide bonds. The molecule has 0 aromatic heterocycles. The topological polar surface area (TPSA) is 47.6 Å². The first-order chi connectivity index (χ1) is 11.4. The van der Waals surface area contributed by atoms with E-state index >= 15 is 0 Å². The summed E-state index contributed by atoms with van der Waals surface area (Å²) in [6, 6.07) is 14.9. The standard InChI is InChI=1S/C20H21NO3/c1-14(19(22)21-16-7-5-4-6-8-16)23-17-10-9-15-11-12-20(2,3)24-18(15)13-17/h4-14H,1-3H3,(H,21,22). The molecular weight excluding hydrogens is 302 g/mol. The highest BCUT2D eigenvalue weighted by Gasteiger charge is 2.22. The summed E-state index contributed by atoms with van der Waals surface area (Å²) < 4.78 is 11.7. The zero-order chi connectivity index (χ0) is 17.2. The third-order valence-electron chi connectivity index (χ3n) is 3.75. The van der Waals surface area contributed by atoms with Crippen molar-refractivity contribution in [1.82, 2.24) is 0 Å². The van der Waals surface area contributed by atoms with E-state index in [1.807, 2.05) is 74.5 Å². The Labute approximate surface area is 142 Å². The van der Waals surface area contributed by atoms with Gasteiger partial charge in [-0.15, -0.1) is 0 Å². The molecular formula is C20H21NO3. The number of hydrogen-bond donors (Lipinski definition) is 1. The van der Waals surface area contributed by atoms with Gasteiger partial charge in [-0.2, -0.15) is 0 Å². The molecule has 2 aromatic rings. The van der Waals surface area contributed by atoms with E-state index in [4.69, 9.17) is 9.47 Å². The summed E-state index contributed by atoms with van der Waals surface area (Å²) >= 11 is 0. The molecule has 1 heterocycles. The van der Waals surface area contributed by atoms with E-state index in [2.05, 4.69) is 5.32 Å². The molecule has 4 nitrogen and oxygen atoms in total. The van der Waals surface area contributed by atoms with Gasteiger partial charge in [0.15, 0.2) is 6.10 Å². The molecule has 0 bridgehead atoms. The quantitative estimate of drug-likeness (QED) is 0.913. The van der Waals surface area contributed by atoms with Crippen molar-refractivity contribution in [1.29, 1.82) is 0 Å². The minimum Gasteiger partial charge on any atom is -0.483 e. The first-order valence-corrected chi connectivity index (χ1v) is 7.98. The van der Waals surface area contributed by atoms with Gasteiger partial charge >= 0.3 is 0 Å². The Morgan fingerprint density at radius 3 is 2.67 bits per heavy atom. The Hall–Kier alpha value is -2.75. The fraction of sp³-hybridized carbons (Fsp3) is 0.250. The van der Waals surface area contributed by atoms with Gasteiger partial charge in [-0.1, -0.05) is 24.3 Å². The molecule has 0 fully saturated rings. The molecule has 1 atom stereocenters. The van der Waals surface area contributed by atoms with Crippen LogP contribution in [-0.2, 0) is 4.79 Å². The van der Waals surface area contributed by atoms with E-state index in [1.165, 1.54) is 0 Å². The lowest BCUT2D eigenvalue weighted by atomic mass is 10.0. The molecule has 0 spiro atoms. The second-order valence-corrected chi connectivity index (χ2v) is 6.35. The van der Waals surface area contributed by atoms with Crippen LogP contribution in [0.1, 0.15) is 26.3 Å². The third-order valence-corrected chi connectivity index (χ3v) is 3.75. The van der Waals surface area contributed by atoms with Crippen molar-refractivity contribution in [2.24, 2.45) is 0 Å². The summed E-state index contributed by atoms with van der Waals surface area (Å²) in [5, 5.41) is 2.83. The van der Waals surface area contributed by atoms with Gasteiger partial charge in [0.1, 0.15) is 17.1 Å². The van der Waals surface area contributed by atoms with Crippen molar-refractivity contribution in [3.05, 3.63) is 60.2 Å². The van der Waals surface area contributed by atoms with Crippen LogP contribution in [0.4, 0.5) is 5.69 Å². The highest BCUT2D eigenvalue weighted by atomic mass is 16.5. The summed E-state index contributed by atoms with van der Waals surface area (Å²) in [5.41, 5.74) is 1.41. The maximum Gasteiger partial charge on any atom is 0.265 e. The van der Waals surface area contributed by atoms with Gasteiger partial charge in [0.25, 0.3) is 5.91 Å². The Morgan fingerprint density at radius 1 is 1.17 bits per heavy atom. The van der Waals surface area contributed by atoms with E-state index < -0.39 is 6.10 Å². The normalized spacial score (nSPS) is 15.8. The van der Waals surface area contributed by atoms with E-state index in [9.17, 15) is 4.79 Å². The van der Waals surface area contributed by atoms with Crippen LogP contribution >= 0.6 is 0 Å². The molecule has 2 aromatic carbocycles. The Morgan fingerprint density at radius 2 is 1.92 bits per heavy atom. The number of hydrogen-bond acceptors (Lipinski definition) is 3. The van der Waals surface area contributed by atoms with Crippen LogP contribution in [0.15, 0.2) is 54.6 Å². The van der Waals surface area contributed by atoms with Gasteiger partial charge in [-0.25, -0.2) is 0 Å². The monoisotopic (exact) mass is 323 g/mol. The Kier molecular flexibility index (Phi) is 4.30. The highest BCUT2D eigenvalue weighted by molar-refractivity contribution is 5.94. The van der Waals surface area contributed by atoms with E-state index in [1.54, 1.807) is 6.92 Å². The number of para-hydroxylation sites is 1. The van der Waals surface area contributed by atoms with Gasteiger partial charge in [-0.05, 0) is 51.1 Å². The summed E-state index contributed by atoms with van der Waals surface area (Å²) in [6.07, 6.45) is 3.44. The zero-order valence-electron chi connectivity index (χ0n) is 14.1. The van der Waals surface area contributed by atoms with Gasteiger partial charge in [0.2, 0.25) is 0 Å². The predicted octanol–water partition coefficient (Wildman–Crippen LogP) is 4.28. The van der Waals surface area contributed by atoms with Crippen LogP contribution in [0.5, 0.6) is 11.5 Å². The second kappa shape index (κ2) is 6.40. The predicted molar refractivity (Wildman–Crippen MR) is 95.3 cm³/mol. The lowest BCUT2D eigenvalue weighted by molar-refractivity contribution is -0.122. The fourth-order valence-corrected chi connectivity index (χ4v) is 2.44. The molecule has 1 unspecified atom stereocenters. The van der Waals surface area contributed by atoms with Crippen molar-refractivity contribution in [3.8, 4) is 11.5 Å². The molecule has 3 rings (SSSR count). The summed E-state index contributed by atoms with van der Waals surface area (Å²) in [5.74, 6) is 1.17. The van der Waals surface area contributed by atoms with Crippen LogP contribution in [0.25, 0.3) is 6.08 Å².